The molecule has 2 atom stereocenters. The summed E-state index contributed by atoms with van der Waals surface area (Å²) in [6.45, 7) is 8.57. The van der Waals surface area contributed by atoms with Crippen LogP contribution in [0.5, 0.6) is 0 Å². The van der Waals surface area contributed by atoms with Gasteiger partial charge < -0.3 is 9.64 Å². The van der Waals surface area contributed by atoms with E-state index in [2.05, 4.69) is 39.7 Å². The van der Waals surface area contributed by atoms with Crippen molar-refractivity contribution in [2.75, 3.05) is 26.2 Å². The van der Waals surface area contributed by atoms with Crippen molar-refractivity contribution in [1.29, 1.82) is 0 Å². The minimum Gasteiger partial charge on any atom is -0.368 e. The quantitative estimate of drug-likeness (QED) is 0.832. The highest BCUT2D eigenvalue weighted by molar-refractivity contribution is 9.10. The summed E-state index contributed by atoms with van der Waals surface area (Å²) in [7, 11) is 0. The van der Waals surface area contributed by atoms with Crippen LogP contribution in [-0.4, -0.2) is 36.1 Å². The van der Waals surface area contributed by atoms with Crippen LogP contribution in [0.3, 0.4) is 0 Å². The van der Waals surface area contributed by atoms with Crippen molar-refractivity contribution in [3.8, 4) is 0 Å². The van der Waals surface area contributed by atoms with Crippen LogP contribution in [0, 0.1) is 11.8 Å². The van der Waals surface area contributed by atoms with Crippen LogP contribution < -0.4 is 0 Å². The summed E-state index contributed by atoms with van der Waals surface area (Å²) < 4.78 is 7.05. The maximum atomic E-state index is 6.05. The molecular weight excluding hydrogens is 304 g/mol. The summed E-state index contributed by atoms with van der Waals surface area (Å²) in [4.78, 5) is 6.97. The molecule has 1 aromatic heterocycles. The van der Waals surface area contributed by atoms with Gasteiger partial charge >= 0.3 is 0 Å². The van der Waals surface area contributed by atoms with Gasteiger partial charge in [-0.05, 0) is 60.2 Å². The molecule has 3 rings (SSSR count). The number of halogens is 1. The van der Waals surface area contributed by atoms with E-state index in [0.29, 0.717) is 0 Å². The van der Waals surface area contributed by atoms with Crippen LogP contribution in [0.15, 0.2) is 22.8 Å². The molecule has 2 aliphatic rings. The molecule has 3 nitrogen and oxygen atoms in total. The average molecular weight is 325 g/mol. The van der Waals surface area contributed by atoms with Gasteiger partial charge in [0.1, 0.15) is 5.60 Å². The lowest BCUT2D eigenvalue weighted by atomic mass is 10.0. The van der Waals surface area contributed by atoms with Gasteiger partial charge in [0, 0.05) is 30.3 Å². The zero-order chi connectivity index (χ0) is 13.5. The van der Waals surface area contributed by atoms with E-state index in [1.54, 1.807) is 0 Å². The third-order valence-corrected chi connectivity index (χ3v) is 4.74. The topological polar surface area (TPSA) is 25.4 Å². The summed E-state index contributed by atoms with van der Waals surface area (Å²) in [5.74, 6) is 2.00. The van der Waals surface area contributed by atoms with E-state index in [1.807, 2.05) is 18.3 Å². The molecule has 104 valence electrons. The van der Waals surface area contributed by atoms with E-state index in [1.165, 1.54) is 19.5 Å². The van der Waals surface area contributed by atoms with Gasteiger partial charge in [-0.25, -0.2) is 0 Å². The monoisotopic (exact) mass is 324 g/mol. The Labute approximate surface area is 123 Å². The molecule has 1 saturated heterocycles. The zero-order valence-corrected chi connectivity index (χ0v) is 13.2. The second kappa shape index (κ2) is 5.15. The first kappa shape index (κ1) is 13.5. The average Bonchev–Trinajstić information content (AvgIpc) is 2.97. The molecule has 0 N–H and O–H groups in total. The third kappa shape index (κ3) is 3.18. The van der Waals surface area contributed by atoms with Crippen LogP contribution in [-0.2, 0) is 10.3 Å². The van der Waals surface area contributed by atoms with Crippen LogP contribution in [0.1, 0.15) is 26.0 Å². The fourth-order valence-corrected chi connectivity index (χ4v) is 3.15. The van der Waals surface area contributed by atoms with Crippen LogP contribution >= 0.6 is 15.9 Å². The standard InChI is InChI=1S/C15H21BrN2O/c1-15(2,14-4-3-13(16)8-17-14)19-6-5-18-9-11-7-12(11)10-18/h3-4,8,11-12H,5-7,9-10H2,1-2H3. The highest BCUT2D eigenvalue weighted by Crippen LogP contribution is 2.44. The van der Waals surface area contributed by atoms with E-state index < -0.39 is 0 Å². The van der Waals surface area contributed by atoms with Crippen molar-refractivity contribution in [2.24, 2.45) is 11.8 Å². The molecule has 1 aromatic rings. The first-order valence-electron chi connectivity index (χ1n) is 7.03. The molecule has 0 radical (unpaired) electrons. The van der Waals surface area contributed by atoms with Gasteiger partial charge in [0.25, 0.3) is 0 Å². The second-order valence-electron chi connectivity index (χ2n) is 6.24. The SMILES string of the molecule is CC(C)(OCCN1CC2CC2C1)c1ccc(Br)cn1. The highest BCUT2D eigenvalue weighted by atomic mass is 79.9. The van der Waals surface area contributed by atoms with Gasteiger partial charge in [-0.1, -0.05) is 0 Å². The van der Waals surface area contributed by atoms with Crippen molar-refractivity contribution >= 4 is 15.9 Å². The Morgan fingerprint density at radius 2 is 2.11 bits per heavy atom. The molecule has 2 unspecified atom stereocenters. The molecule has 0 aromatic carbocycles. The Morgan fingerprint density at radius 1 is 1.37 bits per heavy atom. The predicted molar refractivity (Wildman–Crippen MR) is 79.0 cm³/mol. The lowest BCUT2D eigenvalue weighted by Gasteiger charge is -2.26. The lowest BCUT2D eigenvalue weighted by molar-refractivity contribution is -0.0325. The minimum atomic E-state index is -0.316. The molecule has 1 aliphatic heterocycles. The molecule has 19 heavy (non-hydrogen) atoms. The fraction of sp³-hybridized carbons (Fsp3) is 0.667. The largest absolute Gasteiger partial charge is 0.368 e. The highest BCUT2D eigenvalue weighted by Gasteiger charge is 2.44. The fourth-order valence-electron chi connectivity index (χ4n) is 2.91. The Balaban J connectivity index is 1.48. The van der Waals surface area contributed by atoms with Crippen molar-refractivity contribution in [1.82, 2.24) is 9.88 Å². The van der Waals surface area contributed by atoms with Gasteiger partial charge in [-0.15, -0.1) is 0 Å². The molecule has 0 bridgehead atoms. The molecule has 0 amide bonds. The third-order valence-electron chi connectivity index (χ3n) is 4.27. The normalized spacial score (nSPS) is 26.5. The Morgan fingerprint density at radius 3 is 2.74 bits per heavy atom. The van der Waals surface area contributed by atoms with E-state index in [0.717, 1.165) is 35.2 Å². The van der Waals surface area contributed by atoms with E-state index in [4.69, 9.17) is 4.74 Å². The van der Waals surface area contributed by atoms with Crippen LogP contribution in [0.25, 0.3) is 0 Å². The number of hydrogen-bond acceptors (Lipinski definition) is 3. The number of nitrogens with zero attached hydrogens (tertiary/aromatic N) is 2. The van der Waals surface area contributed by atoms with Crippen LogP contribution in [0.4, 0.5) is 0 Å². The first-order valence-corrected chi connectivity index (χ1v) is 7.82. The van der Waals surface area contributed by atoms with Crippen LogP contribution in [0.2, 0.25) is 0 Å². The molecule has 4 heteroatoms. The van der Waals surface area contributed by atoms with Gasteiger partial charge in [0.05, 0.1) is 12.3 Å². The summed E-state index contributed by atoms with van der Waals surface area (Å²) in [5, 5.41) is 0. The Kier molecular flexibility index (Phi) is 3.67. The molecule has 2 heterocycles. The van der Waals surface area contributed by atoms with Crippen molar-refractivity contribution in [3.05, 3.63) is 28.5 Å². The van der Waals surface area contributed by atoms with E-state index in [9.17, 15) is 0 Å². The van der Waals surface area contributed by atoms with Gasteiger partial charge in [-0.3, -0.25) is 4.98 Å². The van der Waals surface area contributed by atoms with Gasteiger partial charge in [0.2, 0.25) is 0 Å². The predicted octanol–water partition coefficient (Wildman–Crippen LogP) is 3.05. The maximum Gasteiger partial charge on any atom is 0.104 e. The second-order valence-corrected chi connectivity index (χ2v) is 7.15. The smallest absolute Gasteiger partial charge is 0.104 e. The summed E-state index contributed by atoms with van der Waals surface area (Å²) in [6, 6.07) is 4.04. The van der Waals surface area contributed by atoms with Crippen molar-refractivity contribution < 1.29 is 4.74 Å². The van der Waals surface area contributed by atoms with E-state index >= 15 is 0 Å². The van der Waals surface area contributed by atoms with Gasteiger partial charge in [-0.2, -0.15) is 0 Å². The summed E-state index contributed by atoms with van der Waals surface area (Å²) in [5.41, 5.74) is 0.670. The van der Waals surface area contributed by atoms with E-state index in [-0.39, 0.29) is 5.60 Å². The summed E-state index contributed by atoms with van der Waals surface area (Å²) >= 11 is 3.41. The number of hydrogen-bond donors (Lipinski definition) is 0. The number of rotatable bonds is 5. The number of fused-ring (bicyclic) bond motifs is 1. The molecule has 2 fully saturated rings. The zero-order valence-electron chi connectivity index (χ0n) is 11.6. The first-order chi connectivity index (χ1) is 9.04. The summed E-state index contributed by atoms with van der Waals surface area (Å²) in [6.07, 6.45) is 3.29. The number of piperidine rings is 1. The van der Waals surface area contributed by atoms with Gasteiger partial charge in [0.15, 0.2) is 0 Å². The molecule has 1 aliphatic carbocycles. The Hall–Kier alpha value is -0.450. The minimum absolute atomic E-state index is 0.316. The number of likely N-dealkylation sites (tertiary alicyclic amines) is 1. The molecule has 1 saturated carbocycles. The Bertz CT molecular complexity index is 436. The number of ether oxygens (including phenoxy) is 1. The number of pyridine rings is 1. The maximum absolute atomic E-state index is 6.05. The lowest BCUT2D eigenvalue weighted by Crippen LogP contribution is -2.31. The molecular formula is C15H21BrN2O. The molecule has 0 spiro atoms. The number of aromatic nitrogens is 1. The van der Waals surface area contributed by atoms with Crippen molar-refractivity contribution in [2.45, 2.75) is 25.9 Å². The van der Waals surface area contributed by atoms with Crippen molar-refractivity contribution in [3.63, 3.8) is 0 Å².